The summed E-state index contributed by atoms with van der Waals surface area (Å²) in [6, 6.07) is -0.472. The first kappa shape index (κ1) is 31.2. The van der Waals surface area contributed by atoms with Crippen molar-refractivity contribution in [3.8, 4) is 0 Å². The van der Waals surface area contributed by atoms with E-state index in [0.717, 1.165) is 12.8 Å². The predicted octanol–water partition coefficient (Wildman–Crippen LogP) is 3.64. The number of hydrogen-bond donors (Lipinski definition) is 1. The van der Waals surface area contributed by atoms with Crippen LogP contribution in [-0.4, -0.2) is 72.1 Å². The number of ether oxygens (including phenoxy) is 2. The fourth-order valence-electron chi connectivity index (χ4n) is 2.28. The molecule has 2 amide bonds. The summed E-state index contributed by atoms with van der Waals surface area (Å²) in [5.41, 5.74) is -0.672. The van der Waals surface area contributed by atoms with Gasteiger partial charge in [0.15, 0.2) is 0 Å². The summed E-state index contributed by atoms with van der Waals surface area (Å²) >= 11 is 0. The van der Waals surface area contributed by atoms with Crippen LogP contribution >= 0.6 is 0 Å². The molecule has 1 aliphatic heterocycles. The van der Waals surface area contributed by atoms with Crippen LogP contribution in [-0.2, 0) is 23.9 Å². The van der Waals surface area contributed by atoms with Gasteiger partial charge in [-0.1, -0.05) is 0 Å². The minimum absolute atomic E-state index is 0.225. The molecule has 0 aromatic rings. The Bertz CT molecular complexity index is 718. The molecule has 8 nitrogen and oxygen atoms in total. The van der Waals surface area contributed by atoms with Gasteiger partial charge in [-0.05, 0) is 40.0 Å². The van der Waals surface area contributed by atoms with Crippen LogP contribution in [0.25, 0.3) is 0 Å². The summed E-state index contributed by atoms with van der Waals surface area (Å²) in [4.78, 5) is 43.6. The summed E-state index contributed by atoms with van der Waals surface area (Å²) in [6.45, 7) is 5.35. The molecule has 0 saturated carbocycles. The summed E-state index contributed by atoms with van der Waals surface area (Å²) in [5.74, 6) is -8.39. The van der Waals surface area contributed by atoms with Gasteiger partial charge in [-0.25, -0.2) is 14.4 Å². The van der Waals surface area contributed by atoms with E-state index in [4.69, 9.17) is 4.74 Å². The number of likely N-dealkylation sites (tertiary alicyclic amines) is 1. The van der Waals surface area contributed by atoms with Crippen molar-refractivity contribution in [2.75, 3.05) is 13.1 Å². The van der Waals surface area contributed by atoms with Crippen LogP contribution in [0.2, 0.25) is 0 Å². The molecule has 0 spiro atoms. The van der Waals surface area contributed by atoms with Crippen molar-refractivity contribution in [2.24, 2.45) is 0 Å². The Balaban J connectivity index is 0.000000722. The number of esters is 2. The predicted molar refractivity (Wildman–Crippen MR) is 92.9 cm³/mol. The Morgan fingerprint density at radius 1 is 0.824 bits per heavy atom. The molecule has 1 unspecified atom stereocenters. The molecule has 1 aliphatic rings. The van der Waals surface area contributed by atoms with E-state index < -0.39 is 54.1 Å². The molecule has 0 aromatic carbocycles. The topological polar surface area (TPSA) is 102 Å². The molecule has 1 N–H and O–H groups in total. The van der Waals surface area contributed by atoms with Gasteiger partial charge < -0.3 is 19.7 Å². The molecule has 1 atom stereocenters. The van der Waals surface area contributed by atoms with Crippen LogP contribution in [0.15, 0.2) is 0 Å². The molecule has 0 aliphatic carbocycles. The molecular formula is C17H21F9N2O6. The first-order valence-corrected chi connectivity index (χ1v) is 9.30. The minimum atomic E-state index is -5.62. The van der Waals surface area contributed by atoms with Crippen molar-refractivity contribution in [1.29, 1.82) is 0 Å². The number of hydrogen-bond acceptors (Lipinski definition) is 6. The zero-order valence-electron chi connectivity index (χ0n) is 17.9. The Kier molecular flexibility index (Phi) is 10.7. The Hall–Kier alpha value is -2.75. The summed E-state index contributed by atoms with van der Waals surface area (Å²) < 4.78 is 111. The lowest BCUT2D eigenvalue weighted by molar-refractivity contribution is -0.221. The molecule has 1 saturated heterocycles. The summed E-state index contributed by atoms with van der Waals surface area (Å²) in [5, 5.41) is 1.83. The molecule has 198 valence electrons. The van der Waals surface area contributed by atoms with Gasteiger partial charge in [0.05, 0.1) is 6.04 Å². The Morgan fingerprint density at radius 3 is 1.68 bits per heavy atom. The van der Waals surface area contributed by atoms with E-state index in [2.05, 4.69) is 4.74 Å². The van der Waals surface area contributed by atoms with Gasteiger partial charge in [-0.3, -0.25) is 4.79 Å². The highest BCUT2D eigenvalue weighted by Gasteiger charge is 2.49. The molecule has 0 bridgehead atoms. The second-order valence-corrected chi connectivity index (χ2v) is 7.70. The second kappa shape index (κ2) is 11.6. The molecule has 0 radical (unpaired) electrons. The zero-order valence-corrected chi connectivity index (χ0v) is 17.9. The Labute approximate surface area is 186 Å². The fraction of sp³-hybridized carbons (Fsp3) is 0.765. The summed E-state index contributed by atoms with van der Waals surface area (Å²) in [6.07, 6.45) is -14.6. The number of alkyl halides is 9. The van der Waals surface area contributed by atoms with Crippen LogP contribution in [0.4, 0.5) is 44.3 Å². The molecule has 0 aromatic heterocycles. The van der Waals surface area contributed by atoms with Crippen molar-refractivity contribution in [3.05, 3.63) is 0 Å². The highest BCUT2D eigenvalue weighted by molar-refractivity contribution is 5.90. The molecule has 34 heavy (non-hydrogen) atoms. The highest BCUT2D eigenvalue weighted by atomic mass is 19.4. The maximum absolute atomic E-state index is 12.2. The maximum atomic E-state index is 12.2. The molecule has 1 heterocycles. The van der Waals surface area contributed by atoms with Crippen LogP contribution in [0.3, 0.4) is 0 Å². The van der Waals surface area contributed by atoms with Crippen molar-refractivity contribution in [3.63, 3.8) is 0 Å². The van der Waals surface area contributed by atoms with Gasteiger partial charge in [0.2, 0.25) is 0 Å². The third-order valence-corrected chi connectivity index (χ3v) is 3.66. The van der Waals surface area contributed by atoms with Crippen LogP contribution in [0.1, 0.15) is 40.0 Å². The third-order valence-electron chi connectivity index (χ3n) is 3.66. The average molecular weight is 520 g/mol. The van der Waals surface area contributed by atoms with Gasteiger partial charge in [0.25, 0.3) is 0 Å². The van der Waals surface area contributed by atoms with Crippen molar-refractivity contribution in [2.45, 2.75) is 70.2 Å². The van der Waals surface area contributed by atoms with Crippen LogP contribution in [0.5, 0.6) is 0 Å². The summed E-state index contributed by atoms with van der Waals surface area (Å²) in [7, 11) is 0. The number of rotatable bonds is 2. The second-order valence-electron chi connectivity index (χ2n) is 7.70. The van der Waals surface area contributed by atoms with Gasteiger partial charge >= 0.3 is 42.5 Å². The van der Waals surface area contributed by atoms with E-state index >= 15 is 0 Å². The first-order chi connectivity index (χ1) is 15.1. The van der Waals surface area contributed by atoms with Crippen molar-refractivity contribution < 1.29 is 68.2 Å². The lowest BCUT2D eigenvalue weighted by atomic mass is 10.0. The zero-order chi connectivity index (χ0) is 27.1. The number of carbonyl (C=O) groups excluding carboxylic acids is 4. The average Bonchev–Trinajstić information content (AvgIpc) is 2.63. The van der Waals surface area contributed by atoms with Gasteiger partial charge in [-0.2, -0.15) is 39.5 Å². The van der Waals surface area contributed by atoms with Gasteiger partial charge in [-0.15, -0.1) is 0 Å². The number of nitrogens with one attached hydrogen (secondary N) is 1. The molecular weight excluding hydrogens is 499 g/mol. The van der Waals surface area contributed by atoms with E-state index in [9.17, 15) is 58.7 Å². The maximum Gasteiger partial charge on any atom is 0.491 e. The number of carbonyl (C=O) groups is 4. The van der Waals surface area contributed by atoms with E-state index in [1.807, 2.05) is 5.32 Å². The first-order valence-electron chi connectivity index (χ1n) is 9.30. The standard InChI is InChI=1S/C13H21F3N2O3.C4F6O3/c1-12(2,3)21-11(20)18-7-5-4-6-9(18)8-17-10(19)13(14,15)16;5-3(6,7)1(11)13-2(12)4(8,9)10/h9H,4-8H2,1-3H3,(H,17,19);. The van der Waals surface area contributed by atoms with Crippen LogP contribution < -0.4 is 5.32 Å². The van der Waals surface area contributed by atoms with E-state index in [1.54, 1.807) is 20.8 Å². The smallest absolute Gasteiger partial charge is 0.444 e. The van der Waals surface area contributed by atoms with Crippen molar-refractivity contribution in [1.82, 2.24) is 10.2 Å². The quantitative estimate of drug-likeness (QED) is 0.339. The van der Waals surface area contributed by atoms with Crippen LogP contribution in [0, 0.1) is 0 Å². The Morgan fingerprint density at radius 2 is 1.29 bits per heavy atom. The van der Waals surface area contributed by atoms with Gasteiger partial charge in [0, 0.05) is 13.1 Å². The lowest BCUT2D eigenvalue weighted by Crippen LogP contribution is -2.52. The monoisotopic (exact) mass is 520 g/mol. The lowest BCUT2D eigenvalue weighted by Gasteiger charge is -2.36. The third kappa shape index (κ3) is 11.9. The minimum Gasteiger partial charge on any atom is -0.444 e. The van der Waals surface area contributed by atoms with E-state index in [1.165, 1.54) is 4.90 Å². The number of piperidine rings is 1. The van der Waals surface area contributed by atoms with E-state index in [0.29, 0.717) is 13.0 Å². The molecule has 17 heteroatoms. The number of nitrogens with zero attached hydrogens (tertiary/aromatic N) is 1. The normalized spacial score (nSPS) is 17.2. The molecule has 1 rings (SSSR count). The largest absolute Gasteiger partial charge is 0.491 e. The fourth-order valence-corrected chi connectivity index (χ4v) is 2.28. The molecule has 1 fully saturated rings. The SMILES string of the molecule is CC(C)(C)OC(=O)N1CCCCC1CNC(=O)C(F)(F)F.O=C(OC(=O)C(F)(F)F)C(F)(F)F. The van der Waals surface area contributed by atoms with Crippen molar-refractivity contribution >= 4 is 23.9 Å². The number of halogens is 9. The number of amides is 2. The van der Waals surface area contributed by atoms with E-state index in [-0.39, 0.29) is 6.54 Å². The highest BCUT2D eigenvalue weighted by Crippen LogP contribution is 2.22. The van der Waals surface area contributed by atoms with Gasteiger partial charge in [0.1, 0.15) is 5.60 Å².